The minimum atomic E-state index is -1.07. The van der Waals surface area contributed by atoms with E-state index in [2.05, 4.69) is 4.98 Å². The topological polar surface area (TPSA) is 96.4 Å². The average molecular weight is 228 g/mol. The van der Waals surface area contributed by atoms with Crippen LogP contribution in [0.1, 0.15) is 17.3 Å². The van der Waals surface area contributed by atoms with Crippen LogP contribution in [0.15, 0.2) is 17.3 Å². The molecule has 1 aromatic heterocycles. The van der Waals surface area contributed by atoms with E-state index in [1.54, 1.807) is 6.92 Å². The van der Waals surface area contributed by atoms with Crippen LogP contribution in [0, 0.1) is 0 Å². The summed E-state index contributed by atoms with van der Waals surface area (Å²) in [5.74, 6) is -1.07. The minimum absolute atomic E-state index is 0.0320. The van der Waals surface area contributed by atoms with Crippen molar-refractivity contribution in [3.63, 3.8) is 0 Å². The van der Waals surface area contributed by atoms with Crippen LogP contribution in [0.3, 0.4) is 0 Å². The summed E-state index contributed by atoms with van der Waals surface area (Å²) in [5.41, 5.74) is 5.83. The molecule has 0 saturated carbocycles. The van der Waals surface area contributed by atoms with E-state index < -0.39 is 5.97 Å². The van der Waals surface area contributed by atoms with Crippen molar-refractivity contribution in [2.24, 2.45) is 0 Å². The van der Waals surface area contributed by atoms with Crippen molar-refractivity contribution in [1.29, 1.82) is 0 Å². The molecule has 0 radical (unpaired) electrons. The van der Waals surface area contributed by atoms with E-state index in [1.807, 2.05) is 0 Å². The highest BCUT2D eigenvalue weighted by Crippen LogP contribution is 2.25. The van der Waals surface area contributed by atoms with E-state index in [4.69, 9.17) is 15.9 Å². The number of thioether (sulfide) groups is 1. The molecule has 0 aliphatic rings. The quantitative estimate of drug-likeness (QED) is 0.661. The fourth-order valence-electron chi connectivity index (χ4n) is 0.943. The lowest BCUT2D eigenvalue weighted by Gasteiger charge is -2.09. The number of nitrogens with two attached hydrogens (primary N) is 1. The summed E-state index contributed by atoms with van der Waals surface area (Å²) in [5, 5.41) is 18.0. The molecule has 0 amide bonds. The first kappa shape index (κ1) is 11.8. The van der Waals surface area contributed by atoms with Gasteiger partial charge in [-0.15, -0.1) is 11.8 Å². The van der Waals surface area contributed by atoms with Gasteiger partial charge in [-0.1, -0.05) is 6.92 Å². The third-order valence-corrected chi connectivity index (χ3v) is 2.77. The second-order valence-electron chi connectivity index (χ2n) is 3.04. The van der Waals surface area contributed by atoms with E-state index in [1.165, 1.54) is 24.0 Å². The van der Waals surface area contributed by atoms with Gasteiger partial charge in [-0.3, -0.25) is 0 Å². The molecule has 0 aliphatic heterocycles. The van der Waals surface area contributed by atoms with Gasteiger partial charge in [0.15, 0.2) is 0 Å². The second kappa shape index (κ2) is 4.99. The van der Waals surface area contributed by atoms with Gasteiger partial charge in [0.05, 0.1) is 24.1 Å². The smallest absolute Gasteiger partial charge is 0.338 e. The zero-order valence-electron chi connectivity index (χ0n) is 8.17. The molecule has 0 spiro atoms. The lowest BCUT2D eigenvalue weighted by molar-refractivity contribution is 0.0692. The van der Waals surface area contributed by atoms with Crippen LogP contribution in [0.5, 0.6) is 0 Å². The van der Waals surface area contributed by atoms with E-state index in [0.29, 0.717) is 10.7 Å². The highest BCUT2D eigenvalue weighted by Gasteiger charge is 2.14. The number of anilines is 1. The third kappa shape index (κ3) is 3.10. The number of carbonyl (C=O) groups is 1. The maximum atomic E-state index is 10.9. The monoisotopic (exact) mass is 228 g/mol. The number of aliphatic hydroxyl groups is 1. The summed E-state index contributed by atoms with van der Waals surface area (Å²) < 4.78 is 0. The molecule has 1 rings (SSSR count). The number of pyridine rings is 1. The molecule has 1 heterocycles. The van der Waals surface area contributed by atoms with Crippen LogP contribution in [0.4, 0.5) is 5.69 Å². The van der Waals surface area contributed by atoms with Crippen molar-refractivity contribution < 1.29 is 15.0 Å². The minimum Gasteiger partial charge on any atom is -0.478 e. The van der Waals surface area contributed by atoms with Crippen LogP contribution >= 0.6 is 11.8 Å². The van der Waals surface area contributed by atoms with Crippen molar-refractivity contribution in [1.82, 2.24) is 4.98 Å². The molecule has 5 nitrogen and oxygen atoms in total. The number of aromatic carboxylic acids is 1. The summed E-state index contributed by atoms with van der Waals surface area (Å²) in [6.07, 6.45) is 1.40. The van der Waals surface area contributed by atoms with E-state index >= 15 is 0 Å². The highest BCUT2D eigenvalue weighted by atomic mass is 32.2. The molecule has 0 saturated heterocycles. The lowest BCUT2D eigenvalue weighted by atomic mass is 10.3. The molecule has 1 atom stereocenters. The standard InChI is InChI=1S/C9H12N2O3S/c1-5(4-12)15-8-7(9(13)14)2-6(10)3-11-8/h2-3,5,12H,4,10H2,1H3,(H,13,14). The van der Waals surface area contributed by atoms with Gasteiger partial charge >= 0.3 is 5.97 Å². The molecule has 0 bridgehead atoms. The number of aromatic nitrogens is 1. The van der Waals surface area contributed by atoms with Gasteiger partial charge < -0.3 is 15.9 Å². The van der Waals surface area contributed by atoms with E-state index in [9.17, 15) is 4.79 Å². The number of carboxylic acid groups (broad SMARTS) is 1. The number of hydrogen-bond acceptors (Lipinski definition) is 5. The lowest BCUT2D eigenvalue weighted by Crippen LogP contribution is -2.07. The number of aliphatic hydroxyl groups excluding tert-OH is 1. The van der Waals surface area contributed by atoms with Gasteiger partial charge in [0, 0.05) is 5.25 Å². The molecule has 4 N–H and O–H groups in total. The molecule has 82 valence electrons. The van der Waals surface area contributed by atoms with Crippen molar-refractivity contribution in [2.45, 2.75) is 17.2 Å². The first-order valence-corrected chi connectivity index (χ1v) is 5.19. The molecule has 0 aliphatic carbocycles. The molecule has 6 heteroatoms. The number of hydrogen-bond donors (Lipinski definition) is 3. The fraction of sp³-hybridized carbons (Fsp3) is 0.333. The summed E-state index contributed by atoms with van der Waals surface area (Å²) >= 11 is 1.21. The van der Waals surface area contributed by atoms with Crippen LogP contribution in [0.25, 0.3) is 0 Å². The van der Waals surface area contributed by atoms with Crippen molar-refractivity contribution >= 4 is 23.4 Å². The van der Waals surface area contributed by atoms with E-state index in [-0.39, 0.29) is 17.4 Å². The zero-order chi connectivity index (χ0) is 11.4. The van der Waals surface area contributed by atoms with Crippen molar-refractivity contribution in [2.75, 3.05) is 12.3 Å². The van der Waals surface area contributed by atoms with Gasteiger partial charge in [0.1, 0.15) is 5.03 Å². The van der Waals surface area contributed by atoms with Crippen LogP contribution in [-0.4, -0.2) is 33.0 Å². The molecule has 1 aromatic rings. The molecule has 0 fully saturated rings. The predicted molar refractivity (Wildman–Crippen MR) is 58.0 cm³/mol. The van der Waals surface area contributed by atoms with E-state index in [0.717, 1.165) is 0 Å². The van der Waals surface area contributed by atoms with Gasteiger partial charge in [-0.25, -0.2) is 9.78 Å². The van der Waals surface area contributed by atoms with Crippen LogP contribution in [0.2, 0.25) is 0 Å². The highest BCUT2D eigenvalue weighted by molar-refractivity contribution is 7.99. The Morgan fingerprint density at radius 2 is 2.40 bits per heavy atom. The Bertz CT molecular complexity index is 370. The van der Waals surface area contributed by atoms with Crippen LogP contribution in [-0.2, 0) is 0 Å². The summed E-state index contributed by atoms with van der Waals surface area (Å²) in [6.45, 7) is 1.75. The molecular formula is C9H12N2O3S. The Labute approximate surface area is 91.3 Å². The Balaban J connectivity index is 3.01. The summed E-state index contributed by atoms with van der Waals surface area (Å²) in [7, 11) is 0. The molecule has 1 unspecified atom stereocenters. The molecular weight excluding hydrogens is 216 g/mol. The van der Waals surface area contributed by atoms with Gasteiger partial charge in [0.25, 0.3) is 0 Å². The first-order valence-electron chi connectivity index (χ1n) is 4.31. The number of rotatable bonds is 4. The molecule has 0 aromatic carbocycles. The van der Waals surface area contributed by atoms with Gasteiger partial charge in [-0.05, 0) is 6.07 Å². The van der Waals surface area contributed by atoms with Crippen LogP contribution < -0.4 is 5.73 Å². The predicted octanol–water partition coefficient (Wildman–Crippen LogP) is 0.835. The summed E-state index contributed by atoms with van der Waals surface area (Å²) in [6, 6.07) is 1.36. The Morgan fingerprint density at radius 1 is 1.73 bits per heavy atom. The maximum absolute atomic E-state index is 10.9. The Morgan fingerprint density at radius 3 is 2.93 bits per heavy atom. The number of carboxylic acids is 1. The summed E-state index contributed by atoms with van der Waals surface area (Å²) in [4.78, 5) is 14.8. The van der Waals surface area contributed by atoms with Crippen molar-refractivity contribution in [3.8, 4) is 0 Å². The second-order valence-corrected chi connectivity index (χ2v) is 4.46. The van der Waals surface area contributed by atoms with Gasteiger partial charge in [0.2, 0.25) is 0 Å². The zero-order valence-corrected chi connectivity index (χ0v) is 8.99. The SMILES string of the molecule is CC(CO)Sc1ncc(N)cc1C(=O)O. The Kier molecular flexibility index (Phi) is 3.93. The van der Waals surface area contributed by atoms with Gasteiger partial charge in [-0.2, -0.15) is 0 Å². The third-order valence-electron chi connectivity index (χ3n) is 1.67. The fourth-order valence-corrected chi connectivity index (χ4v) is 1.79. The first-order chi connectivity index (χ1) is 7.04. The number of nitrogens with zero attached hydrogens (tertiary/aromatic N) is 1. The maximum Gasteiger partial charge on any atom is 0.338 e. The normalized spacial score (nSPS) is 12.4. The number of nitrogen functional groups attached to an aromatic ring is 1. The largest absolute Gasteiger partial charge is 0.478 e. The Hall–Kier alpha value is -1.27. The van der Waals surface area contributed by atoms with Crippen molar-refractivity contribution in [3.05, 3.63) is 17.8 Å². The molecule has 15 heavy (non-hydrogen) atoms. The average Bonchev–Trinajstić information content (AvgIpc) is 2.20.